The smallest absolute Gasteiger partial charge is 0.251 e. The molecule has 0 aliphatic heterocycles. The Morgan fingerprint density at radius 3 is 2.31 bits per heavy atom. The van der Waals surface area contributed by atoms with E-state index in [2.05, 4.69) is 13.8 Å². The number of rotatable bonds is 10. The van der Waals surface area contributed by atoms with Gasteiger partial charge in [0.15, 0.2) is 0 Å². The number of nitrogens with zero attached hydrogens (tertiary/aromatic N) is 1. The minimum Gasteiger partial charge on any atom is -0.395 e. The SMILES string of the molecule is CCCCC(CC)CN(CCO)CC(F)F. The van der Waals surface area contributed by atoms with Crippen LogP contribution in [0.5, 0.6) is 0 Å². The van der Waals surface area contributed by atoms with Gasteiger partial charge in [0.2, 0.25) is 0 Å². The molecule has 16 heavy (non-hydrogen) atoms. The van der Waals surface area contributed by atoms with Crippen LogP contribution in [0.3, 0.4) is 0 Å². The Balaban J connectivity index is 4.00. The fourth-order valence-corrected chi connectivity index (χ4v) is 1.88. The van der Waals surface area contributed by atoms with Gasteiger partial charge >= 0.3 is 0 Å². The number of unbranched alkanes of at least 4 members (excludes halogenated alkanes) is 1. The molecule has 2 nitrogen and oxygen atoms in total. The van der Waals surface area contributed by atoms with Crippen molar-refractivity contribution in [2.75, 3.05) is 26.2 Å². The topological polar surface area (TPSA) is 23.5 Å². The third-order valence-electron chi connectivity index (χ3n) is 2.87. The molecule has 1 unspecified atom stereocenters. The van der Waals surface area contributed by atoms with Crippen LogP contribution < -0.4 is 0 Å². The third kappa shape index (κ3) is 7.99. The molecule has 0 aromatic rings. The summed E-state index contributed by atoms with van der Waals surface area (Å²) in [5.41, 5.74) is 0. The fourth-order valence-electron chi connectivity index (χ4n) is 1.88. The van der Waals surface area contributed by atoms with Crippen LogP contribution in [-0.4, -0.2) is 42.7 Å². The normalized spacial score (nSPS) is 13.7. The highest BCUT2D eigenvalue weighted by atomic mass is 19.3. The second kappa shape index (κ2) is 9.97. The molecule has 0 rings (SSSR count). The molecule has 0 spiro atoms. The van der Waals surface area contributed by atoms with Gasteiger partial charge in [0, 0.05) is 13.1 Å². The highest BCUT2D eigenvalue weighted by molar-refractivity contribution is 4.66. The zero-order valence-corrected chi connectivity index (χ0v) is 10.5. The van der Waals surface area contributed by atoms with Crippen LogP contribution in [0.4, 0.5) is 8.78 Å². The lowest BCUT2D eigenvalue weighted by atomic mass is 9.99. The number of alkyl halides is 2. The molecule has 0 aliphatic rings. The average Bonchev–Trinajstić information content (AvgIpc) is 2.23. The Labute approximate surface area is 97.6 Å². The van der Waals surface area contributed by atoms with E-state index in [1.807, 2.05) is 0 Å². The molecular formula is C12H25F2NO. The van der Waals surface area contributed by atoms with Crippen molar-refractivity contribution in [1.29, 1.82) is 0 Å². The van der Waals surface area contributed by atoms with Gasteiger partial charge in [-0.25, -0.2) is 8.78 Å². The van der Waals surface area contributed by atoms with E-state index in [0.717, 1.165) is 25.7 Å². The summed E-state index contributed by atoms with van der Waals surface area (Å²) >= 11 is 0. The molecule has 0 aromatic carbocycles. The van der Waals surface area contributed by atoms with Crippen molar-refractivity contribution >= 4 is 0 Å². The monoisotopic (exact) mass is 237 g/mol. The molecule has 0 radical (unpaired) electrons. The van der Waals surface area contributed by atoms with Crippen LogP contribution in [0.1, 0.15) is 39.5 Å². The van der Waals surface area contributed by atoms with E-state index in [-0.39, 0.29) is 13.2 Å². The number of aliphatic hydroxyl groups excluding tert-OH is 1. The van der Waals surface area contributed by atoms with Crippen LogP contribution in [0.2, 0.25) is 0 Å². The highest BCUT2D eigenvalue weighted by Crippen LogP contribution is 2.14. The third-order valence-corrected chi connectivity index (χ3v) is 2.87. The van der Waals surface area contributed by atoms with E-state index in [9.17, 15) is 8.78 Å². The summed E-state index contributed by atoms with van der Waals surface area (Å²) in [4.78, 5) is 1.68. The van der Waals surface area contributed by atoms with Crippen LogP contribution in [0.15, 0.2) is 0 Å². The lowest BCUT2D eigenvalue weighted by Crippen LogP contribution is -2.35. The molecule has 0 heterocycles. The maximum atomic E-state index is 12.3. The Kier molecular flexibility index (Phi) is 9.83. The molecule has 0 saturated heterocycles. The van der Waals surface area contributed by atoms with E-state index in [0.29, 0.717) is 19.0 Å². The summed E-state index contributed by atoms with van der Waals surface area (Å²) in [5.74, 6) is 0.477. The van der Waals surface area contributed by atoms with E-state index < -0.39 is 6.43 Å². The molecule has 0 bridgehead atoms. The van der Waals surface area contributed by atoms with Crippen molar-refractivity contribution in [2.24, 2.45) is 5.92 Å². The Bertz CT molecular complexity index is 156. The number of halogens is 2. The summed E-state index contributed by atoms with van der Waals surface area (Å²) < 4.78 is 24.6. The predicted octanol–water partition coefficient (Wildman–Crippen LogP) is 2.76. The van der Waals surface area contributed by atoms with Gasteiger partial charge in [0.05, 0.1) is 13.2 Å². The molecule has 0 aliphatic carbocycles. The first kappa shape index (κ1) is 15.8. The van der Waals surface area contributed by atoms with Crippen LogP contribution >= 0.6 is 0 Å². The first-order chi connectivity index (χ1) is 7.63. The van der Waals surface area contributed by atoms with Crippen molar-refractivity contribution in [2.45, 2.75) is 46.0 Å². The number of hydrogen-bond donors (Lipinski definition) is 1. The fraction of sp³-hybridized carbons (Fsp3) is 1.00. The standard InChI is InChI=1S/C12H25F2NO/c1-3-5-6-11(4-2)9-15(7-8-16)10-12(13)14/h11-12,16H,3-10H2,1-2H3. The maximum Gasteiger partial charge on any atom is 0.251 e. The minimum atomic E-state index is -2.31. The zero-order valence-electron chi connectivity index (χ0n) is 10.5. The summed E-state index contributed by atoms with van der Waals surface area (Å²) in [6.45, 7) is 5.01. The molecule has 4 heteroatoms. The largest absolute Gasteiger partial charge is 0.395 e. The summed E-state index contributed by atoms with van der Waals surface area (Å²) in [7, 11) is 0. The van der Waals surface area contributed by atoms with Gasteiger partial charge in [0.1, 0.15) is 0 Å². The second-order valence-corrected chi connectivity index (χ2v) is 4.29. The lowest BCUT2D eigenvalue weighted by Gasteiger charge is -2.26. The molecule has 0 amide bonds. The highest BCUT2D eigenvalue weighted by Gasteiger charge is 2.15. The first-order valence-electron chi connectivity index (χ1n) is 6.25. The van der Waals surface area contributed by atoms with Crippen molar-refractivity contribution in [1.82, 2.24) is 4.90 Å². The van der Waals surface area contributed by atoms with Crippen molar-refractivity contribution in [3.05, 3.63) is 0 Å². The maximum absolute atomic E-state index is 12.3. The zero-order chi connectivity index (χ0) is 12.4. The van der Waals surface area contributed by atoms with Crippen LogP contribution in [0, 0.1) is 5.92 Å². The summed E-state index contributed by atoms with van der Waals surface area (Å²) in [6, 6.07) is 0. The average molecular weight is 237 g/mol. The molecule has 1 atom stereocenters. The van der Waals surface area contributed by atoms with Crippen molar-refractivity contribution < 1.29 is 13.9 Å². The number of hydrogen-bond acceptors (Lipinski definition) is 2. The van der Waals surface area contributed by atoms with E-state index in [1.165, 1.54) is 0 Å². The van der Waals surface area contributed by atoms with E-state index in [1.54, 1.807) is 4.90 Å². The second-order valence-electron chi connectivity index (χ2n) is 4.29. The van der Waals surface area contributed by atoms with Gasteiger partial charge in [-0.3, -0.25) is 4.90 Å². The van der Waals surface area contributed by atoms with Gasteiger partial charge < -0.3 is 5.11 Å². The first-order valence-corrected chi connectivity index (χ1v) is 6.25. The Morgan fingerprint density at radius 1 is 1.19 bits per heavy atom. The number of aliphatic hydroxyl groups is 1. The molecule has 98 valence electrons. The summed E-state index contributed by atoms with van der Waals surface area (Å²) in [5, 5.41) is 8.82. The molecule has 0 saturated carbocycles. The predicted molar refractivity (Wildman–Crippen MR) is 62.8 cm³/mol. The van der Waals surface area contributed by atoms with E-state index in [4.69, 9.17) is 5.11 Å². The van der Waals surface area contributed by atoms with Gasteiger partial charge in [0.25, 0.3) is 6.43 Å². The van der Waals surface area contributed by atoms with Crippen LogP contribution in [0.25, 0.3) is 0 Å². The minimum absolute atomic E-state index is 0.0447. The van der Waals surface area contributed by atoms with E-state index >= 15 is 0 Å². The van der Waals surface area contributed by atoms with Gasteiger partial charge in [-0.1, -0.05) is 33.1 Å². The Hall–Kier alpha value is -0.220. The van der Waals surface area contributed by atoms with Gasteiger partial charge in [-0.05, 0) is 12.3 Å². The van der Waals surface area contributed by atoms with Crippen molar-refractivity contribution in [3.63, 3.8) is 0 Å². The van der Waals surface area contributed by atoms with Crippen molar-refractivity contribution in [3.8, 4) is 0 Å². The molecule has 1 N–H and O–H groups in total. The molecule has 0 fully saturated rings. The summed E-state index contributed by atoms with van der Waals surface area (Å²) in [6.07, 6.45) is 2.10. The lowest BCUT2D eigenvalue weighted by molar-refractivity contribution is 0.0683. The quantitative estimate of drug-likeness (QED) is 0.631. The van der Waals surface area contributed by atoms with Gasteiger partial charge in [-0.2, -0.15) is 0 Å². The molecular weight excluding hydrogens is 212 g/mol. The van der Waals surface area contributed by atoms with Crippen LogP contribution in [-0.2, 0) is 0 Å². The van der Waals surface area contributed by atoms with Gasteiger partial charge in [-0.15, -0.1) is 0 Å². The Morgan fingerprint density at radius 2 is 1.88 bits per heavy atom. The molecule has 0 aromatic heterocycles.